The van der Waals surface area contributed by atoms with Gasteiger partial charge >= 0.3 is 0 Å². The first kappa shape index (κ1) is 29.6. The largest absolute Gasteiger partial charge is 0.248 e. The molecule has 1 unspecified atom stereocenters. The Morgan fingerprint density at radius 2 is 1.09 bits per heavy atom. The molecule has 1 nitrogen and oxygen atoms in total. The van der Waals surface area contributed by atoms with Crippen molar-refractivity contribution in [1.82, 2.24) is 4.98 Å². The van der Waals surface area contributed by atoms with Crippen LogP contribution in [0.5, 0.6) is 0 Å². The van der Waals surface area contributed by atoms with Crippen molar-refractivity contribution in [3.63, 3.8) is 0 Å². The standard InChI is InChI=1S/C44H39NSi/c1-32-16-13-19-35(28-32)42-30-37(44-33(2)17-14-18-34(44)3)31-43(45-42)36-20-15-27-41(29-36)46(38-21-7-4-8-22-38,39-23-9-5-10-24-39)40-25-11-6-12-26-40/h4-25,27-31,40H,26H2,1-3H3. The monoisotopic (exact) mass is 609 g/mol. The lowest BCUT2D eigenvalue weighted by Crippen LogP contribution is -2.69. The van der Waals surface area contributed by atoms with E-state index in [1.54, 1.807) is 0 Å². The Bertz CT molecular complexity index is 2000. The van der Waals surface area contributed by atoms with Gasteiger partial charge in [-0.25, -0.2) is 4.98 Å². The number of nitrogens with zero attached hydrogens (tertiary/aromatic N) is 1. The first-order valence-corrected chi connectivity index (χ1v) is 18.3. The van der Waals surface area contributed by atoms with Gasteiger partial charge in [-0.1, -0.05) is 151 Å². The molecule has 0 saturated heterocycles. The second-order valence-electron chi connectivity index (χ2n) is 12.5. The molecule has 1 aromatic heterocycles. The van der Waals surface area contributed by atoms with Crippen molar-refractivity contribution in [2.45, 2.75) is 32.7 Å². The molecule has 0 bridgehead atoms. The molecule has 0 N–H and O–H groups in total. The highest BCUT2D eigenvalue weighted by Gasteiger charge is 2.45. The molecule has 0 fully saturated rings. The number of hydrogen-bond donors (Lipinski definition) is 0. The average Bonchev–Trinajstić information content (AvgIpc) is 3.10. The van der Waals surface area contributed by atoms with Gasteiger partial charge in [-0.3, -0.25) is 0 Å². The number of allylic oxidation sites excluding steroid dienone is 4. The van der Waals surface area contributed by atoms with Crippen LogP contribution in [-0.4, -0.2) is 13.1 Å². The third-order valence-corrected chi connectivity index (χ3v) is 14.8. The summed E-state index contributed by atoms with van der Waals surface area (Å²) in [6.07, 6.45) is 10.3. The summed E-state index contributed by atoms with van der Waals surface area (Å²) in [7, 11) is -2.53. The van der Waals surface area contributed by atoms with Crippen LogP contribution in [-0.2, 0) is 0 Å². The Labute approximate surface area is 274 Å². The molecule has 7 rings (SSSR count). The number of pyridine rings is 1. The van der Waals surface area contributed by atoms with Gasteiger partial charge in [0, 0.05) is 11.1 Å². The Kier molecular flexibility index (Phi) is 8.22. The fraction of sp³-hybridized carbons (Fsp3) is 0.114. The molecule has 1 aliphatic rings. The topological polar surface area (TPSA) is 12.9 Å². The molecule has 0 saturated carbocycles. The molecule has 224 valence electrons. The third kappa shape index (κ3) is 5.50. The Morgan fingerprint density at radius 1 is 0.522 bits per heavy atom. The summed E-state index contributed by atoms with van der Waals surface area (Å²) in [5.74, 6) is 0. The first-order chi connectivity index (χ1) is 22.5. The van der Waals surface area contributed by atoms with Gasteiger partial charge in [0.05, 0.1) is 11.4 Å². The van der Waals surface area contributed by atoms with E-state index in [2.05, 4.69) is 185 Å². The van der Waals surface area contributed by atoms with Crippen LogP contribution in [0.25, 0.3) is 33.6 Å². The maximum absolute atomic E-state index is 5.37. The summed E-state index contributed by atoms with van der Waals surface area (Å²) in [6.45, 7) is 6.57. The predicted molar refractivity (Wildman–Crippen MR) is 199 cm³/mol. The van der Waals surface area contributed by atoms with Gasteiger partial charge in [0.1, 0.15) is 0 Å². The fourth-order valence-electron chi connectivity index (χ4n) is 7.41. The van der Waals surface area contributed by atoms with Crippen LogP contribution in [0.2, 0.25) is 5.54 Å². The molecule has 0 amide bonds. The highest BCUT2D eigenvalue weighted by molar-refractivity contribution is 7.12. The maximum atomic E-state index is 5.37. The van der Waals surface area contributed by atoms with Crippen molar-refractivity contribution < 1.29 is 0 Å². The van der Waals surface area contributed by atoms with E-state index >= 15 is 0 Å². The molecule has 1 heterocycles. The van der Waals surface area contributed by atoms with Crippen molar-refractivity contribution in [3.05, 3.63) is 181 Å². The van der Waals surface area contributed by atoms with E-state index < -0.39 is 8.07 Å². The summed E-state index contributed by atoms with van der Waals surface area (Å²) in [5, 5.41) is 4.27. The lowest BCUT2D eigenvalue weighted by Gasteiger charge is -2.40. The molecule has 1 atom stereocenters. The minimum absolute atomic E-state index is 0.384. The summed E-state index contributed by atoms with van der Waals surface area (Å²) < 4.78 is 0. The third-order valence-electron chi connectivity index (χ3n) is 9.52. The van der Waals surface area contributed by atoms with Crippen LogP contribution in [0.4, 0.5) is 0 Å². The summed E-state index contributed by atoms with van der Waals surface area (Å²) in [5.41, 5.74) is 11.0. The molecule has 46 heavy (non-hydrogen) atoms. The molecular weight excluding hydrogens is 571 g/mol. The Balaban J connectivity index is 1.48. The number of aryl methyl sites for hydroxylation is 3. The Hall–Kier alpha value is -5.05. The zero-order valence-electron chi connectivity index (χ0n) is 26.8. The van der Waals surface area contributed by atoms with Gasteiger partial charge < -0.3 is 0 Å². The minimum atomic E-state index is -2.53. The summed E-state index contributed by atoms with van der Waals surface area (Å²) in [6, 6.07) is 51.6. The van der Waals surface area contributed by atoms with Crippen molar-refractivity contribution in [1.29, 1.82) is 0 Å². The van der Waals surface area contributed by atoms with E-state index in [-0.39, 0.29) is 0 Å². The van der Waals surface area contributed by atoms with Crippen molar-refractivity contribution >= 4 is 23.6 Å². The summed E-state index contributed by atoms with van der Waals surface area (Å²) >= 11 is 0. The molecule has 1 aliphatic carbocycles. The number of aromatic nitrogens is 1. The summed E-state index contributed by atoms with van der Waals surface area (Å²) in [4.78, 5) is 5.37. The van der Waals surface area contributed by atoms with Gasteiger partial charge in [0.25, 0.3) is 0 Å². The highest BCUT2D eigenvalue weighted by atomic mass is 28.3. The second kappa shape index (κ2) is 12.7. The average molecular weight is 610 g/mol. The first-order valence-electron chi connectivity index (χ1n) is 16.2. The van der Waals surface area contributed by atoms with Crippen LogP contribution in [0.1, 0.15) is 23.1 Å². The highest BCUT2D eigenvalue weighted by Crippen LogP contribution is 2.35. The number of hydrogen-bond acceptors (Lipinski definition) is 1. The van der Waals surface area contributed by atoms with Gasteiger partial charge in [-0.2, -0.15) is 0 Å². The molecule has 0 radical (unpaired) electrons. The van der Waals surface area contributed by atoms with Crippen molar-refractivity contribution in [2.75, 3.05) is 0 Å². The van der Waals surface area contributed by atoms with Crippen molar-refractivity contribution in [2.24, 2.45) is 0 Å². The molecule has 6 aromatic rings. The lowest BCUT2D eigenvalue weighted by atomic mass is 9.93. The van der Waals surface area contributed by atoms with E-state index in [0.29, 0.717) is 5.54 Å². The van der Waals surface area contributed by atoms with E-state index in [0.717, 1.165) is 28.9 Å². The minimum Gasteiger partial charge on any atom is -0.248 e. The predicted octanol–water partition coefficient (Wildman–Crippen LogP) is 9.36. The number of rotatable bonds is 7. The van der Waals surface area contributed by atoms with Gasteiger partial charge in [0.2, 0.25) is 0 Å². The zero-order chi connectivity index (χ0) is 31.5. The van der Waals surface area contributed by atoms with E-state index in [4.69, 9.17) is 4.98 Å². The SMILES string of the molecule is Cc1cccc(-c2cc(-c3c(C)cccc3C)cc(-c3cccc([Si](c4ccccc4)(c4ccccc4)C4C=CC=CC4)c3)n2)c1. The van der Waals surface area contributed by atoms with Crippen LogP contribution < -0.4 is 15.6 Å². The normalized spacial score (nSPS) is 14.4. The Morgan fingerprint density at radius 3 is 1.67 bits per heavy atom. The smallest absolute Gasteiger partial charge is 0.155 e. The quantitative estimate of drug-likeness (QED) is 0.130. The molecule has 0 aliphatic heterocycles. The van der Waals surface area contributed by atoms with E-state index in [1.165, 1.54) is 43.4 Å². The van der Waals surface area contributed by atoms with E-state index in [1.807, 2.05) is 0 Å². The van der Waals surface area contributed by atoms with Gasteiger partial charge in [-0.15, -0.1) is 0 Å². The van der Waals surface area contributed by atoms with Gasteiger partial charge in [0.15, 0.2) is 8.07 Å². The van der Waals surface area contributed by atoms with Crippen LogP contribution in [0.15, 0.2) is 164 Å². The van der Waals surface area contributed by atoms with Crippen LogP contribution in [0, 0.1) is 20.8 Å². The zero-order valence-corrected chi connectivity index (χ0v) is 27.8. The molecule has 5 aromatic carbocycles. The lowest BCUT2D eigenvalue weighted by molar-refractivity contribution is 0.997. The molecule has 0 spiro atoms. The number of benzene rings is 5. The molecule has 2 heteroatoms. The van der Waals surface area contributed by atoms with Crippen LogP contribution in [0.3, 0.4) is 0 Å². The van der Waals surface area contributed by atoms with Crippen molar-refractivity contribution in [3.8, 4) is 33.6 Å². The van der Waals surface area contributed by atoms with Gasteiger partial charge in [-0.05, 0) is 88.7 Å². The van der Waals surface area contributed by atoms with E-state index in [9.17, 15) is 0 Å². The second-order valence-corrected chi connectivity index (χ2v) is 16.6. The van der Waals surface area contributed by atoms with Crippen LogP contribution >= 0.6 is 0 Å². The molecular formula is C44H39NSi. The fourth-order valence-corrected chi connectivity index (χ4v) is 12.8. The maximum Gasteiger partial charge on any atom is 0.155 e.